The second-order valence-corrected chi connectivity index (χ2v) is 10.2. The Hall–Kier alpha value is -3.35. The first-order valence-corrected chi connectivity index (χ1v) is 13.2. The van der Waals surface area contributed by atoms with Crippen molar-refractivity contribution in [1.29, 1.82) is 0 Å². The number of para-hydroxylation sites is 1. The maximum atomic E-state index is 10.7. The van der Waals surface area contributed by atoms with Crippen LogP contribution in [0.25, 0.3) is 11.1 Å². The SMILES string of the molecule is NCc1cccc(-c2cc(COc3ccccc3COC=O)cc(N3CCC4(CCCOC4)CC3)c2)c1. The molecule has 5 rings (SSSR count). The fourth-order valence-electron chi connectivity index (χ4n) is 5.58. The first kappa shape index (κ1) is 25.3. The van der Waals surface area contributed by atoms with Gasteiger partial charge in [-0.05, 0) is 83.7 Å². The van der Waals surface area contributed by atoms with E-state index in [-0.39, 0.29) is 6.61 Å². The number of carbonyl (C=O) groups excluding carboxylic acids is 1. The van der Waals surface area contributed by atoms with E-state index in [1.54, 1.807) is 0 Å². The summed E-state index contributed by atoms with van der Waals surface area (Å²) < 4.78 is 17.1. The second-order valence-electron chi connectivity index (χ2n) is 10.2. The van der Waals surface area contributed by atoms with Crippen LogP contribution >= 0.6 is 0 Å². The summed E-state index contributed by atoms with van der Waals surface area (Å²) in [6.45, 7) is 5.45. The lowest BCUT2D eigenvalue weighted by atomic mass is 9.74. The number of hydrogen-bond donors (Lipinski definition) is 1. The van der Waals surface area contributed by atoms with Gasteiger partial charge in [0.25, 0.3) is 6.47 Å². The molecule has 3 aromatic rings. The molecule has 0 radical (unpaired) electrons. The number of nitrogens with two attached hydrogens (primary N) is 1. The molecule has 0 atom stereocenters. The lowest BCUT2D eigenvalue weighted by molar-refractivity contribution is -0.129. The van der Waals surface area contributed by atoms with E-state index in [9.17, 15) is 4.79 Å². The van der Waals surface area contributed by atoms with Crippen LogP contribution in [0.5, 0.6) is 5.75 Å². The maximum Gasteiger partial charge on any atom is 0.293 e. The first-order chi connectivity index (χ1) is 18.2. The number of anilines is 1. The third-order valence-corrected chi connectivity index (χ3v) is 7.74. The van der Waals surface area contributed by atoms with Gasteiger partial charge in [0.15, 0.2) is 0 Å². The van der Waals surface area contributed by atoms with Gasteiger partial charge in [-0.25, -0.2) is 0 Å². The molecule has 2 aliphatic heterocycles. The Morgan fingerprint density at radius 1 is 0.919 bits per heavy atom. The van der Waals surface area contributed by atoms with Gasteiger partial charge in [0.1, 0.15) is 19.0 Å². The van der Waals surface area contributed by atoms with Gasteiger partial charge < -0.3 is 24.8 Å². The van der Waals surface area contributed by atoms with Crippen molar-refractivity contribution in [3.8, 4) is 16.9 Å². The highest BCUT2D eigenvalue weighted by Gasteiger charge is 2.36. The van der Waals surface area contributed by atoms with Crippen LogP contribution in [0.2, 0.25) is 0 Å². The van der Waals surface area contributed by atoms with Gasteiger partial charge in [-0.15, -0.1) is 0 Å². The van der Waals surface area contributed by atoms with E-state index in [0.717, 1.165) is 72.7 Å². The summed E-state index contributed by atoms with van der Waals surface area (Å²) in [5.74, 6) is 0.721. The molecule has 0 aromatic heterocycles. The summed E-state index contributed by atoms with van der Waals surface area (Å²) in [7, 11) is 0. The van der Waals surface area contributed by atoms with Gasteiger partial charge in [0.2, 0.25) is 0 Å². The minimum atomic E-state index is 0.191. The highest BCUT2D eigenvalue weighted by Crippen LogP contribution is 2.40. The Labute approximate surface area is 219 Å². The van der Waals surface area contributed by atoms with E-state index in [1.807, 2.05) is 24.3 Å². The molecule has 194 valence electrons. The largest absolute Gasteiger partial charge is 0.488 e. The standard InChI is InChI=1S/C31H36N2O4/c32-19-24-5-3-7-26(15-24)28-16-25(20-37-30-8-2-1-6-27(30)21-36-23-34)17-29(18-28)33-12-10-31(11-13-33)9-4-14-35-22-31/h1-3,5-8,15-18,23H,4,9-14,19-22,32H2. The molecule has 6 nitrogen and oxygen atoms in total. The molecule has 0 amide bonds. The molecule has 0 saturated carbocycles. The molecule has 1 spiro atoms. The minimum absolute atomic E-state index is 0.191. The molecule has 2 aliphatic rings. The quantitative estimate of drug-likeness (QED) is 0.393. The van der Waals surface area contributed by atoms with E-state index < -0.39 is 0 Å². The lowest BCUT2D eigenvalue weighted by Crippen LogP contribution is -2.44. The Morgan fingerprint density at radius 2 is 1.76 bits per heavy atom. The molecular weight excluding hydrogens is 464 g/mol. The van der Waals surface area contributed by atoms with Crippen molar-refractivity contribution >= 4 is 12.2 Å². The molecule has 6 heteroatoms. The van der Waals surface area contributed by atoms with Crippen molar-refractivity contribution in [3.05, 3.63) is 83.4 Å². The molecule has 0 unspecified atom stereocenters. The normalized spacial score (nSPS) is 16.9. The van der Waals surface area contributed by atoms with Crippen LogP contribution < -0.4 is 15.4 Å². The number of nitrogens with zero attached hydrogens (tertiary/aromatic N) is 1. The molecule has 37 heavy (non-hydrogen) atoms. The summed E-state index contributed by atoms with van der Waals surface area (Å²) in [6.07, 6.45) is 4.78. The Kier molecular flexibility index (Phi) is 8.07. The van der Waals surface area contributed by atoms with Crippen LogP contribution in [-0.2, 0) is 34.0 Å². The first-order valence-electron chi connectivity index (χ1n) is 13.2. The highest BCUT2D eigenvalue weighted by atomic mass is 16.5. The molecule has 2 N–H and O–H groups in total. The van der Waals surface area contributed by atoms with Gasteiger partial charge >= 0.3 is 0 Å². The van der Waals surface area contributed by atoms with Crippen LogP contribution in [0.1, 0.15) is 42.4 Å². The van der Waals surface area contributed by atoms with Crippen molar-refractivity contribution in [3.63, 3.8) is 0 Å². The van der Waals surface area contributed by atoms with E-state index in [0.29, 0.717) is 25.0 Å². The number of rotatable bonds is 9. The van der Waals surface area contributed by atoms with Crippen molar-refractivity contribution < 1.29 is 19.0 Å². The van der Waals surface area contributed by atoms with Gasteiger partial charge in [-0.1, -0.05) is 36.4 Å². The van der Waals surface area contributed by atoms with Gasteiger partial charge in [-0.2, -0.15) is 0 Å². The fraction of sp³-hybridized carbons (Fsp3) is 0.387. The van der Waals surface area contributed by atoms with Crippen LogP contribution in [0.4, 0.5) is 5.69 Å². The third kappa shape index (κ3) is 6.14. The number of hydrogen-bond acceptors (Lipinski definition) is 6. The lowest BCUT2D eigenvalue weighted by Gasteiger charge is -2.44. The zero-order chi connectivity index (χ0) is 25.5. The predicted octanol–water partition coefficient (Wildman–Crippen LogP) is 5.46. The average molecular weight is 501 g/mol. The van der Waals surface area contributed by atoms with Gasteiger partial charge in [0, 0.05) is 37.5 Å². The van der Waals surface area contributed by atoms with E-state index in [2.05, 4.69) is 47.4 Å². The number of ether oxygens (including phenoxy) is 3. The molecule has 2 fully saturated rings. The second kappa shape index (κ2) is 11.8. The van der Waals surface area contributed by atoms with E-state index in [1.165, 1.54) is 18.5 Å². The summed E-state index contributed by atoms with van der Waals surface area (Å²) in [4.78, 5) is 13.2. The molecule has 2 saturated heterocycles. The molecule has 3 aromatic carbocycles. The predicted molar refractivity (Wildman–Crippen MR) is 145 cm³/mol. The Balaban J connectivity index is 1.40. The zero-order valence-electron chi connectivity index (χ0n) is 21.4. The topological polar surface area (TPSA) is 74.0 Å². The van der Waals surface area contributed by atoms with Crippen LogP contribution in [-0.4, -0.2) is 32.8 Å². The highest BCUT2D eigenvalue weighted by molar-refractivity contribution is 5.70. The smallest absolute Gasteiger partial charge is 0.293 e. The maximum absolute atomic E-state index is 10.7. The van der Waals surface area contributed by atoms with Crippen molar-refractivity contribution in [1.82, 2.24) is 0 Å². The summed E-state index contributed by atoms with van der Waals surface area (Å²) in [5, 5.41) is 0. The average Bonchev–Trinajstić information content (AvgIpc) is 2.96. The Morgan fingerprint density at radius 3 is 2.54 bits per heavy atom. The van der Waals surface area contributed by atoms with E-state index >= 15 is 0 Å². The van der Waals surface area contributed by atoms with Crippen LogP contribution in [0.15, 0.2) is 66.7 Å². The summed E-state index contributed by atoms with van der Waals surface area (Å²) in [5.41, 5.74) is 12.9. The minimum Gasteiger partial charge on any atom is -0.488 e. The Bertz CT molecular complexity index is 1200. The molecule has 0 bridgehead atoms. The molecule has 2 heterocycles. The number of carbonyl (C=O) groups is 1. The third-order valence-electron chi connectivity index (χ3n) is 7.74. The van der Waals surface area contributed by atoms with Gasteiger partial charge in [-0.3, -0.25) is 4.79 Å². The van der Waals surface area contributed by atoms with E-state index in [4.69, 9.17) is 19.9 Å². The monoisotopic (exact) mass is 500 g/mol. The van der Waals surface area contributed by atoms with Crippen molar-refractivity contribution in [2.75, 3.05) is 31.2 Å². The molecular formula is C31H36N2O4. The zero-order valence-corrected chi connectivity index (χ0v) is 21.4. The number of benzene rings is 3. The van der Waals surface area contributed by atoms with Crippen LogP contribution in [0.3, 0.4) is 0 Å². The summed E-state index contributed by atoms with van der Waals surface area (Å²) >= 11 is 0. The summed E-state index contributed by atoms with van der Waals surface area (Å²) in [6, 6.07) is 22.8. The number of piperidine rings is 1. The van der Waals surface area contributed by atoms with Crippen LogP contribution in [0, 0.1) is 5.41 Å². The van der Waals surface area contributed by atoms with Gasteiger partial charge in [0.05, 0.1) is 6.61 Å². The molecule has 0 aliphatic carbocycles. The fourth-order valence-corrected chi connectivity index (χ4v) is 5.58. The van der Waals surface area contributed by atoms with Crippen molar-refractivity contribution in [2.45, 2.75) is 45.4 Å². The van der Waals surface area contributed by atoms with Crippen molar-refractivity contribution in [2.24, 2.45) is 11.1 Å².